The Kier molecular flexibility index (Phi) is 4.39. The second-order valence-corrected chi connectivity index (χ2v) is 5.38. The first-order valence-corrected chi connectivity index (χ1v) is 7.47. The predicted molar refractivity (Wildman–Crippen MR) is 91.8 cm³/mol. The average molecular weight is 317 g/mol. The van der Waals surface area contributed by atoms with Crippen LogP contribution in [0, 0.1) is 11.3 Å². The van der Waals surface area contributed by atoms with Crippen molar-refractivity contribution in [3.63, 3.8) is 0 Å². The molecular weight excluding hydrogens is 302 g/mol. The minimum atomic E-state index is -0.857. The van der Waals surface area contributed by atoms with Crippen molar-refractivity contribution in [1.29, 1.82) is 5.26 Å². The van der Waals surface area contributed by atoms with Crippen molar-refractivity contribution in [2.75, 3.05) is 11.6 Å². The van der Waals surface area contributed by atoms with E-state index >= 15 is 0 Å². The van der Waals surface area contributed by atoms with Gasteiger partial charge < -0.3 is 10.0 Å². The molecule has 2 aromatic carbocycles. The lowest BCUT2D eigenvalue weighted by molar-refractivity contribution is -0.136. The number of anilines is 1. The maximum Gasteiger partial charge on any atom is 0.307 e. The summed E-state index contributed by atoms with van der Waals surface area (Å²) in [5.41, 5.74) is 3.72. The molecule has 0 saturated heterocycles. The van der Waals surface area contributed by atoms with Crippen molar-refractivity contribution in [1.82, 2.24) is 0 Å². The molecule has 1 N–H and O–H groups in total. The molecule has 118 valence electrons. The van der Waals surface area contributed by atoms with Gasteiger partial charge in [-0.15, -0.1) is 0 Å². The van der Waals surface area contributed by atoms with Crippen molar-refractivity contribution in [2.45, 2.75) is 6.42 Å². The van der Waals surface area contributed by atoms with Crippen molar-refractivity contribution in [2.24, 2.45) is 4.99 Å². The summed E-state index contributed by atoms with van der Waals surface area (Å²) in [5.74, 6) is -0.857. The summed E-state index contributed by atoms with van der Waals surface area (Å²) in [5, 5.41) is 18.3. The fourth-order valence-corrected chi connectivity index (χ4v) is 2.55. The molecule has 1 heterocycles. The number of hydrogen-bond donors (Lipinski definition) is 1. The number of carboxylic acids is 1. The largest absolute Gasteiger partial charge is 0.481 e. The van der Waals surface area contributed by atoms with Gasteiger partial charge in [0.2, 0.25) is 0 Å². The van der Waals surface area contributed by atoms with Gasteiger partial charge in [-0.2, -0.15) is 5.26 Å². The van der Waals surface area contributed by atoms with E-state index in [1.165, 1.54) is 0 Å². The Morgan fingerprint density at radius 1 is 1.17 bits per heavy atom. The molecule has 0 spiro atoms. The number of carbonyl (C=O) groups is 1. The third-order valence-corrected chi connectivity index (χ3v) is 3.71. The van der Waals surface area contributed by atoms with Crippen LogP contribution < -0.4 is 4.90 Å². The van der Waals surface area contributed by atoms with E-state index in [4.69, 9.17) is 5.11 Å². The van der Waals surface area contributed by atoms with E-state index in [9.17, 15) is 10.1 Å². The fourth-order valence-electron chi connectivity index (χ4n) is 2.55. The molecule has 0 radical (unpaired) electrons. The third kappa shape index (κ3) is 3.33. The molecule has 1 aliphatic rings. The summed E-state index contributed by atoms with van der Waals surface area (Å²) >= 11 is 0. The predicted octanol–water partition coefficient (Wildman–Crippen LogP) is 2.99. The van der Waals surface area contributed by atoms with E-state index in [1.807, 2.05) is 47.4 Å². The van der Waals surface area contributed by atoms with E-state index in [0.29, 0.717) is 18.0 Å². The molecule has 0 aromatic heterocycles. The topological polar surface area (TPSA) is 76.7 Å². The lowest BCUT2D eigenvalue weighted by atomic mass is 10.0. The van der Waals surface area contributed by atoms with Crippen molar-refractivity contribution >= 4 is 17.4 Å². The average Bonchev–Trinajstić information content (AvgIpc) is 2.62. The number of aliphatic carboxylic acids is 1. The van der Waals surface area contributed by atoms with Crippen LogP contribution in [0.5, 0.6) is 0 Å². The minimum absolute atomic E-state index is 0.00409. The van der Waals surface area contributed by atoms with Crippen LogP contribution in [0.15, 0.2) is 71.4 Å². The van der Waals surface area contributed by atoms with E-state index in [0.717, 1.165) is 16.8 Å². The standard InChI is InChI=1S/C19H15N3O2/c20-11-16-12-22(13-21-19(16)15-4-2-1-3-5-15)17-8-6-14(7-9-17)10-18(23)24/h1-9,12H,10,13H2,(H,23,24). The molecule has 0 saturated carbocycles. The molecule has 2 aromatic rings. The van der Waals surface area contributed by atoms with E-state index in [2.05, 4.69) is 11.1 Å². The maximum atomic E-state index is 10.7. The minimum Gasteiger partial charge on any atom is -0.481 e. The highest BCUT2D eigenvalue weighted by Crippen LogP contribution is 2.22. The number of carboxylic acid groups (broad SMARTS) is 1. The molecule has 5 nitrogen and oxygen atoms in total. The molecule has 0 amide bonds. The number of hydrogen-bond acceptors (Lipinski definition) is 4. The van der Waals surface area contributed by atoms with Gasteiger partial charge in [0.1, 0.15) is 12.7 Å². The Labute approximate surface area is 139 Å². The Morgan fingerprint density at radius 3 is 2.50 bits per heavy atom. The first-order chi connectivity index (χ1) is 11.7. The summed E-state index contributed by atoms with van der Waals surface area (Å²) in [6, 6.07) is 19.1. The molecule has 5 heteroatoms. The molecule has 1 aliphatic heterocycles. The highest BCUT2D eigenvalue weighted by molar-refractivity contribution is 6.15. The van der Waals surface area contributed by atoms with Gasteiger partial charge in [-0.05, 0) is 17.7 Å². The van der Waals surface area contributed by atoms with Gasteiger partial charge in [-0.3, -0.25) is 9.79 Å². The highest BCUT2D eigenvalue weighted by atomic mass is 16.4. The van der Waals surface area contributed by atoms with Crippen LogP contribution in [0.4, 0.5) is 5.69 Å². The van der Waals surface area contributed by atoms with Gasteiger partial charge in [0.25, 0.3) is 0 Å². The summed E-state index contributed by atoms with van der Waals surface area (Å²) < 4.78 is 0. The van der Waals surface area contributed by atoms with Crippen LogP contribution in [-0.4, -0.2) is 23.5 Å². The zero-order valence-electron chi connectivity index (χ0n) is 12.9. The summed E-state index contributed by atoms with van der Waals surface area (Å²) in [6.45, 7) is 0.410. The van der Waals surface area contributed by atoms with E-state index < -0.39 is 5.97 Å². The van der Waals surface area contributed by atoms with Crippen LogP contribution in [0.2, 0.25) is 0 Å². The molecule has 3 rings (SSSR count). The van der Waals surface area contributed by atoms with Gasteiger partial charge in [0.05, 0.1) is 17.7 Å². The van der Waals surface area contributed by atoms with Gasteiger partial charge >= 0.3 is 5.97 Å². The molecule has 24 heavy (non-hydrogen) atoms. The number of nitrogens with zero attached hydrogens (tertiary/aromatic N) is 3. The van der Waals surface area contributed by atoms with Gasteiger partial charge in [-0.1, -0.05) is 42.5 Å². The van der Waals surface area contributed by atoms with Crippen LogP contribution >= 0.6 is 0 Å². The number of aliphatic imine (C=N–C) groups is 1. The van der Waals surface area contributed by atoms with Gasteiger partial charge in [0.15, 0.2) is 0 Å². The molecule has 0 fully saturated rings. The Hall–Kier alpha value is -3.39. The van der Waals surface area contributed by atoms with E-state index in [1.54, 1.807) is 18.3 Å². The fraction of sp³-hybridized carbons (Fsp3) is 0.105. The highest BCUT2D eigenvalue weighted by Gasteiger charge is 2.17. The first-order valence-electron chi connectivity index (χ1n) is 7.47. The second-order valence-electron chi connectivity index (χ2n) is 5.38. The number of rotatable bonds is 4. The zero-order valence-corrected chi connectivity index (χ0v) is 12.9. The third-order valence-electron chi connectivity index (χ3n) is 3.71. The monoisotopic (exact) mass is 317 g/mol. The summed E-state index contributed by atoms with van der Waals surface area (Å²) in [7, 11) is 0. The molecule has 0 atom stereocenters. The van der Waals surface area contributed by atoms with Crippen LogP contribution in [-0.2, 0) is 11.2 Å². The van der Waals surface area contributed by atoms with Crippen molar-refractivity contribution in [3.8, 4) is 6.07 Å². The molecule has 0 unspecified atom stereocenters. The second kappa shape index (κ2) is 6.80. The van der Waals surface area contributed by atoms with Crippen LogP contribution in [0.25, 0.3) is 0 Å². The SMILES string of the molecule is N#CC1=CN(c2ccc(CC(=O)O)cc2)CN=C1c1ccccc1. The normalized spacial score (nSPS) is 13.7. The first kappa shape index (κ1) is 15.5. The van der Waals surface area contributed by atoms with Gasteiger partial charge in [-0.25, -0.2) is 0 Å². The summed E-state index contributed by atoms with van der Waals surface area (Å²) in [6.07, 6.45) is 1.78. The number of nitriles is 1. The van der Waals surface area contributed by atoms with Crippen LogP contribution in [0.3, 0.4) is 0 Å². The molecular formula is C19H15N3O2. The Bertz CT molecular complexity index is 846. The maximum absolute atomic E-state index is 10.7. The lowest BCUT2D eigenvalue weighted by Gasteiger charge is -2.24. The van der Waals surface area contributed by atoms with Crippen molar-refractivity contribution < 1.29 is 9.90 Å². The smallest absolute Gasteiger partial charge is 0.307 e. The van der Waals surface area contributed by atoms with Crippen LogP contribution in [0.1, 0.15) is 11.1 Å². The summed E-state index contributed by atoms with van der Waals surface area (Å²) in [4.78, 5) is 17.1. The zero-order chi connectivity index (χ0) is 16.9. The Balaban J connectivity index is 1.83. The van der Waals surface area contributed by atoms with Gasteiger partial charge in [0, 0.05) is 17.5 Å². The molecule has 0 bridgehead atoms. The van der Waals surface area contributed by atoms with E-state index in [-0.39, 0.29) is 6.42 Å². The number of allylic oxidation sites excluding steroid dienone is 1. The van der Waals surface area contributed by atoms with Crippen molar-refractivity contribution in [3.05, 3.63) is 77.5 Å². The lowest BCUT2D eigenvalue weighted by Crippen LogP contribution is -2.24. The molecule has 0 aliphatic carbocycles. The Morgan fingerprint density at radius 2 is 1.88 bits per heavy atom. The quantitative estimate of drug-likeness (QED) is 0.940. The number of benzene rings is 2.